The minimum atomic E-state index is -1.01. The molecule has 0 bridgehead atoms. The van der Waals surface area contributed by atoms with Crippen LogP contribution in [0.4, 0.5) is 4.79 Å². The zero-order valence-electron chi connectivity index (χ0n) is 11.3. The monoisotopic (exact) mass is 336 g/mol. The Morgan fingerprint density at radius 2 is 2.25 bits per heavy atom. The minimum Gasteiger partial charge on any atom is -0.480 e. The summed E-state index contributed by atoms with van der Waals surface area (Å²) in [5.41, 5.74) is 0. The van der Waals surface area contributed by atoms with Gasteiger partial charge in [-0.15, -0.1) is 11.3 Å². The normalized spacial score (nSPS) is 11.9. The molecule has 0 spiro atoms. The van der Waals surface area contributed by atoms with E-state index in [1.807, 2.05) is 12.3 Å². The molecule has 0 saturated heterocycles. The van der Waals surface area contributed by atoms with Gasteiger partial charge in [0.1, 0.15) is 6.04 Å². The first-order chi connectivity index (χ1) is 9.43. The van der Waals surface area contributed by atoms with Gasteiger partial charge in [0.15, 0.2) is 0 Å². The number of hydrogen-bond acceptors (Lipinski definition) is 4. The van der Waals surface area contributed by atoms with Crippen molar-refractivity contribution in [1.82, 2.24) is 10.2 Å². The third kappa shape index (κ3) is 5.60. The molecule has 0 aliphatic rings. The zero-order valence-corrected chi connectivity index (χ0v) is 13.6. The Labute approximate surface area is 131 Å². The molecule has 1 rings (SSSR count). The number of aliphatic carboxylic acids is 1. The third-order valence-electron chi connectivity index (χ3n) is 2.58. The van der Waals surface area contributed by atoms with Crippen molar-refractivity contribution >= 4 is 46.7 Å². The molecule has 5 nitrogen and oxygen atoms in total. The van der Waals surface area contributed by atoms with Crippen LogP contribution in [-0.4, -0.2) is 47.1 Å². The van der Waals surface area contributed by atoms with Gasteiger partial charge in [-0.25, -0.2) is 9.59 Å². The predicted molar refractivity (Wildman–Crippen MR) is 83.8 cm³/mol. The molecule has 112 valence electrons. The van der Waals surface area contributed by atoms with Gasteiger partial charge >= 0.3 is 12.0 Å². The number of thioether (sulfide) groups is 1. The maximum atomic E-state index is 11.9. The maximum Gasteiger partial charge on any atom is 0.326 e. The van der Waals surface area contributed by atoms with Gasteiger partial charge in [-0.3, -0.25) is 0 Å². The molecule has 2 amide bonds. The summed E-state index contributed by atoms with van der Waals surface area (Å²) in [6.45, 7) is 0.401. The van der Waals surface area contributed by atoms with E-state index in [4.69, 9.17) is 16.7 Å². The average molecular weight is 337 g/mol. The van der Waals surface area contributed by atoms with Gasteiger partial charge in [0.05, 0.1) is 10.9 Å². The summed E-state index contributed by atoms with van der Waals surface area (Å²) in [7, 11) is 1.62. The fourth-order valence-corrected chi connectivity index (χ4v) is 3.11. The van der Waals surface area contributed by atoms with Crippen LogP contribution in [0, 0.1) is 0 Å². The molecule has 1 aromatic rings. The van der Waals surface area contributed by atoms with E-state index in [9.17, 15) is 9.59 Å². The minimum absolute atomic E-state index is 0.400. The van der Waals surface area contributed by atoms with Crippen molar-refractivity contribution < 1.29 is 14.7 Å². The molecule has 0 saturated carbocycles. The molecule has 1 aromatic heterocycles. The Morgan fingerprint density at radius 1 is 1.55 bits per heavy atom. The number of urea groups is 1. The average Bonchev–Trinajstić information content (AvgIpc) is 2.79. The Hall–Kier alpha value is -0.920. The van der Waals surface area contributed by atoms with Gasteiger partial charge in [0.25, 0.3) is 0 Å². The highest BCUT2D eigenvalue weighted by molar-refractivity contribution is 7.98. The Kier molecular flexibility index (Phi) is 7.18. The molecule has 1 heterocycles. The SMILES string of the molecule is CSCC[C@H](NC(=O)N(C)Cc1ccc(Cl)s1)C(=O)O. The summed E-state index contributed by atoms with van der Waals surface area (Å²) in [6.07, 6.45) is 2.30. The number of thiophene rings is 1. The zero-order chi connectivity index (χ0) is 15.1. The smallest absolute Gasteiger partial charge is 0.326 e. The molecule has 0 fully saturated rings. The van der Waals surface area contributed by atoms with Crippen LogP contribution < -0.4 is 5.32 Å². The van der Waals surface area contributed by atoms with Crippen LogP contribution in [0.3, 0.4) is 0 Å². The van der Waals surface area contributed by atoms with E-state index in [0.29, 0.717) is 23.1 Å². The number of carboxylic acids is 1. The number of carboxylic acid groups (broad SMARTS) is 1. The number of nitrogens with zero attached hydrogens (tertiary/aromatic N) is 1. The van der Waals surface area contributed by atoms with Crippen molar-refractivity contribution in [3.05, 3.63) is 21.3 Å². The molecular formula is C12H17ClN2O3S2. The molecule has 2 N–H and O–H groups in total. The van der Waals surface area contributed by atoms with E-state index in [2.05, 4.69) is 5.32 Å². The highest BCUT2D eigenvalue weighted by atomic mass is 35.5. The third-order valence-corrected chi connectivity index (χ3v) is 4.43. The number of hydrogen-bond donors (Lipinski definition) is 2. The number of halogens is 1. The van der Waals surface area contributed by atoms with Gasteiger partial charge in [-0.05, 0) is 30.6 Å². The molecule has 0 aliphatic heterocycles. The van der Waals surface area contributed by atoms with Gasteiger partial charge in [-0.2, -0.15) is 11.8 Å². The van der Waals surface area contributed by atoms with Crippen molar-refractivity contribution in [2.24, 2.45) is 0 Å². The van der Waals surface area contributed by atoms with Crippen molar-refractivity contribution in [1.29, 1.82) is 0 Å². The maximum absolute atomic E-state index is 11.9. The number of nitrogens with one attached hydrogen (secondary N) is 1. The molecular weight excluding hydrogens is 320 g/mol. The predicted octanol–water partition coefficient (Wildman–Crippen LogP) is 2.75. The standard InChI is InChI=1S/C12H17ClN2O3S2/c1-15(7-8-3-4-10(13)20-8)12(18)14-9(11(16)17)5-6-19-2/h3-4,9H,5-7H2,1-2H3,(H,14,18)(H,16,17)/t9-/m0/s1. The highest BCUT2D eigenvalue weighted by Crippen LogP contribution is 2.22. The molecule has 0 aliphatic carbocycles. The molecule has 8 heteroatoms. The summed E-state index contributed by atoms with van der Waals surface area (Å²) in [4.78, 5) is 25.4. The van der Waals surface area contributed by atoms with Crippen LogP contribution >= 0.6 is 34.7 Å². The summed E-state index contributed by atoms with van der Waals surface area (Å²) < 4.78 is 0.664. The van der Waals surface area contributed by atoms with Crippen LogP contribution in [0.25, 0.3) is 0 Å². The Bertz CT molecular complexity index is 467. The second-order valence-electron chi connectivity index (χ2n) is 4.18. The Balaban J connectivity index is 2.52. The van der Waals surface area contributed by atoms with E-state index >= 15 is 0 Å². The van der Waals surface area contributed by atoms with Gasteiger partial charge < -0.3 is 15.3 Å². The van der Waals surface area contributed by atoms with Crippen LogP contribution in [0.2, 0.25) is 4.34 Å². The van der Waals surface area contributed by atoms with Gasteiger partial charge in [0.2, 0.25) is 0 Å². The molecule has 0 unspecified atom stereocenters. The van der Waals surface area contributed by atoms with Crippen LogP contribution in [0.15, 0.2) is 12.1 Å². The summed E-state index contributed by atoms with van der Waals surface area (Å²) in [6, 6.07) is 2.36. The Morgan fingerprint density at radius 3 is 2.75 bits per heavy atom. The van der Waals surface area contributed by atoms with Crippen LogP contribution in [0.1, 0.15) is 11.3 Å². The van der Waals surface area contributed by atoms with Gasteiger partial charge in [-0.1, -0.05) is 11.6 Å². The fraction of sp³-hybridized carbons (Fsp3) is 0.500. The first-order valence-electron chi connectivity index (χ1n) is 5.91. The van der Waals surface area contributed by atoms with Crippen molar-refractivity contribution in [3.63, 3.8) is 0 Å². The molecule has 0 radical (unpaired) electrons. The van der Waals surface area contributed by atoms with Crippen LogP contribution in [-0.2, 0) is 11.3 Å². The van der Waals surface area contributed by atoms with Crippen LogP contribution in [0.5, 0.6) is 0 Å². The summed E-state index contributed by atoms with van der Waals surface area (Å²) in [5, 5.41) is 11.6. The number of rotatable bonds is 7. The van der Waals surface area contributed by atoms with E-state index in [1.165, 1.54) is 16.2 Å². The first-order valence-corrected chi connectivity index (χ1v) is 8.50. The highest BCUT2D eigenvalue weighted by Gasteiger charge is 2.21. The van der Waals surface area contributed by atoms with Crippen molar-refractivity contribution in [3.8, 4) is 0 Å². The van der Waals surface area contributed by atoms with Gasteiger partial charge in [0, 0.05) is 11.9 Å². The quantitative estimate of drug-likeness (QED) is 0.803. The van der Waals surface area contributed by atoms with E-state index in [1.54, 1.807) is 24.9 Å². The topological polar surface area (TPSA) is 69.6 Å². The van der Waals surface area contributed by atoms with E-state index in [0.717, 1.165) is 4.88 Å². The molecule has 20 heavy (non-hydrogen) atoms. The lowest BCUT2D eigenvalue weighted by atomic mass is 10.2. The number of amides is 2. The number of carbonyl (C=O) groups is 2. The largest absolute Gasteiger partial charge is 0.480 e. The van der Waals surface area contributed by atoms with Crippen molar-refractivity contribution in [2.75, 3.05) is 19.1 Å². The summed E-state index contributed by atoms with van der Waals surface area (Å²) >= 11 is 8.77. The second kappa shape index (κ2) is 8.39. The lowest BCUT2D eigenvalue weighted by Crippen LogP contribution is -2.46. The lowest BCUT2D eigenvalue weighted by Gasteiger charge is -2.20. The fourth-order valence-electron chi connectivity index (χ4n) is 1.49. The lowest BCUT2D eigenvalue weighted by molar-refractivity contribution is -0.139. The van der Waals surface area contributed by atoms with E-state index < -0.39 is 18.0 Å². The number of carbonyl (C=O) groups excluding carboxylic acids is 1. The summed E-state index contributed by atoms with van der Waals surface area (Å²) in [5.74, 6) is -0.332. The molecule has 1 atom stereocenters. The van der Waals surface area contributed by atoms with Crippen molar-refractivity contribution in [2.45, 2.75) is 19.0 Å². The first kappa shape index (κ1) is 17.1. The molecule has 0 aromatic carbocycles. The van der Waals surface area contributed by atoms with E-state index in [-0.39, 0.29) is 0 Å². The second-order valence-corrected chi connectivity index (χ2v) is 6.97.